The van der Waals surface area contributed by atoms with Crippen molar-refractivity contribution in [1.82, 2.24) is 5.32 Å². The summed E-state index contributed by atoms with van der Waals surface area (Å²) in [4.78, 5) is 11.9. The molecule has 0 saturated heterocycles. The first-order valence-corrected chi connectivity index (χ1v) is 7.06. The zero-order chi connectivity index (χ0) is 15.1. The molecule has 0 spiro atoms. The van der Waals surface area contributed by atoms with Gasteiger partial charge in [0.1, 0.15) is 18.4 Å². The lowest BCUT2D eigenvalue weighted by molar-refractivity contribution is -0.146. The van der Waals surface area contributed by atoms with E-state index in [2.05, 4.69) is 5.32 Å². The minimum absolute atomic E-state index is 0.187. The highest BCUT2D eigenvalue weighted by molar-refractivity contribution is 5.76. The van der Waals surface area contributed by atoms with Gasteiger partial charge in [-0.05, 0) is 38.0 Å². The largest absolute Gasteiger partial charge is 0.491 e. The summed E-state index contributed by atoms with van der Waals surface area (Å²) in [5.74, 6) is 0.538. The SMILES string of the molecule is CCOC(=O)C(COc1cc(C)ccc1C)NC(C)C. The van der Waals surface area contributed by atoms with Crippen LogP contribution in [0.5, 0.6) is 5.75 Å². The highest BCUT2D eigenvalue weighted by atomic mass is 16.5. The maximum Gasteiger partial charge on any atom is 0.326 e. The second-order valence-electron chi connectivity index (χ2n) is 5.21. The molecule has 0 heterocycles. The monoisotopic (exact) mass is 279 g/mol. The van der Waals surface area contributed by atoms with Crippen molar-refractivity contribution < 1.29 is 14.3 Å². The molecule has 0 bridgehead atoms. The Morgan fingerprint density at radius 3 is 2.60 bits per heavy atom. The van der Waals surface area contributed by atoms with E-state index >= 15 is 0 Å². The summed E-state index contributed by atoms with van der Waals surface area (Å²) in [6, 6.07) is 5.77. The predicted octanol–water partition coefficient (Wildman–Crippen LogP) is 2.61. The fourth-order valence-electron chi connectivity index (χ4n) is 1.87. The van der Waals surface area contributed by atoms with Gasteiger partial charge in [-0.1, -0.05) is 26.0 Å². The van der Waals surface area contributed by atoms with Gasteiger partial charge in [-0.3, -0.25) is 10.1 Å². The molecule has 4 heteroatoms. The molecule has 1 atom stereocenters. The quantitative estimate of drug-likeness (QED) is 0.779. The summed E-state index contributed by atoms with van der Waals surface area (Å²) in [5, 5.41) is 3.17. The van der Waals surface area contributed by atoms with Crippen LogP contribution in [0.25, 0.3) is 0 Å². The van der Waals surface area contributed by atoms with Gasteiger partial charge in [0.2, 0.25) is 0 Å². The molecule has 0 radical (unpaired) electrons. The van der Waals surface area contributed by atoms with E-state index in [1.165, 1.54) is 0 Å². The zero-order valence-corrected chi connectivity index (χ0v) is 13.0. The molecule has 1 unspecified atom stereocenters. The van der Waals surface area contributed by atoms with E-state index < -0.39 is 6.04 Å². The molecule has 0 amide bonds. The van der Waals surface area contributed by atoms with Gasteiger partial charge < -0.3 is 9.47 Å². The zero-order valence-electron chi connectivity index (χ0n) is 13.0. The molecule has 0 aromatic heterocycles. The van der Waals surface area contributed by atoms with Gasteiger partial charge >= 0.3 is 5.97 Å². The maximum atomic E-state index is 11.9. The van der Waals surface area contributed by atoms with Crippen molar-refractivity contribution in [3.63, 3.8) is 0 Å². The topological polar surface area (TPSA) is 47.6 Å². The first-order chi connectivity index (χ1) is 9.43. The van der Waals surface area contributed by atoms with Crippen molar-refractivity contribution in [2.24, 2.45) is 0 Å². The standard InChI is InChI=1S/C16H25NO3/c1-6-19-16(18)14(17-11(2)3)10-20-15-9-12(4)7-8-13(15)5/h7-9,11,14,17H,6,10H2,1-5H3. The number of benzene rings is 1. The molecule has 112 valence electrons. The molecular weight excluding hydrogens is 254 g/mol. The molecule has 1 aromatic carbocycles. The molecular formula is C16H25NO3. The molecule has 0 fully saturated rings. The van der Waals surface area contributed by atoms with E-state index in [4.69, 9.17) is 9.47 Å². The summed E-state index contributed by atoms with van der Waals surface area (Å²) in [5.41, 5.74) is 2.19. The lowest BCUT2D eigenvalue weighted by Crippen LogP contribution is -2.45. The Hall–Kier alpha value is -1.55. The Balaban J connectivity index is 2.70. The number of hydrogen-bond donors (Lipinski definition) is 1. The third-order valence-corrected chi connectivity index (χ3v) is 2.85. The van der Waals surface area contributed by atoms with E-state index in [1.807, 2.05) is 45.9 Å². The van der Waals surface area contributed by atoms with Crippen LogP contribution < -0.4 is 10.1 Å². The van der Waals surface area contributed by atoms with E-state index in [1.54, 1.807) is 6.92 Å². The molecule has 1 aromatic rings. The van der Waals surface area contributed by atoms with Crippen molar-refractivity contribution in [3.8, 4) is 5.75 Å². The summed E-state index contributed by atoms with van der Waals surface area (Å²) in [6.07, 6.45) is 0. The number of hydrogen-bond acceptors (Lipinski definition) is 4. The number of carbonyl (C=O) groups is 1. The lowest BCUT2D eigenvalue weighted by atomic mass is 10.1. The van der Waals surface area contributed by atoms with Crippen LogP contribution in [0.3, 0.4) is 0 Å². The summed E-state index contributed by atoms with van der Waals surface area (Å²) >= 11 is 0. The number of carbonyl (C=O) groups excluding carboxylic acids is 1. The summed E-state index contributed by atoms with van der Waals surface area (Å²) < 4.78 is 10.9. The van der Waals surface area contributed by atoms with Crippen molar-refractivity contribution in [1.29, 1.82) is 0 Å². The maximum absolute atomic E-state index is 11.9. The van der Waals surface area contributed by atoms with Crippen LogP contribution in [-0.4, -0.2) is 31.3 Å². The second kappa shape index (κ2) is 7.90. The fourth-order valence-corrected chi connectivity index (χ4v) is 1.87. The molecule has 0 aliphatic rings. The summed E-state index contributed by atoms with van der Waals surface area (Å²) in [7, 11) is 0. The van der Waals surface area contributed by atoms with Gasteiger partial charge in [0.05, 0.1) is 6.61 Å². The smallest absolute Gasteiger partial charge is 0.326 e. The van der Waals surface area contributed by atoms with Gasteiger partial charge in [-0.25, -0.2) is 0 Å². The Labute approximate surface area is 121 Å². The van der Waals surface area contributed by atoms with Crippen molar-refractivity contribution in [3.05, 3.63) is 29.3 Å². The highest BCUT2D eigenvalue weighted by Crippen LogP contribution is 2.19. The minimum atomic E-state index is -0.449. The Kier molecular flexibility index (Phi) is 6.52. The van der Waals surface area contributed by atoms with E-state index in [0.29, 0.717) is 6.61 Å². The van der Waals surface area contributed by atoms with Crippen LogP contribution in [0.2, 0.25) is 0 Å². The summed E-state index contributed by atoms with van der Waals surface area (Å²) in [6.45, 7) is 10.4. The molecule has 0 saturated carbocycles. The van der Waals surface area contributed by atoms with E-state index in [-0.39, 0.29) is 18.6 Å². The predicted molar refractivity (Wildman–Crippen MR) is 80.1 cm³/mol. The molecule has 20 heavy (non-hydrogen) atoms. The number of ether oxygens (including phenoxy) is 2. The Morgan fingerprint density at radius 1 is 1.30 bits per heavy atom. The first-order valence-electron chi connectivity index (χ1n) is 7.06. The van der Waals surface area contributed by atoms with Crippen LogP contribution in [0.4, 0.5) is 0 Å². The Bertz CT molecular complexity index is 443. The van der Waals surface area contributed by atoms with Gasteiger partial charge in [0.15, 0.2) is 0 Å². The normalized spacial score (nSPS) is 12.3. The van der Waals surface area contributed by atoms with E-state index in [9.17, 15) is 4.79 Å². The number of esters is 1. The lowest BCUT2D eigenvalue weighted by Gasteiger charge is -2.20. The molecule has 0 aliphatic carbocycles. The van der Waals surface area contributed by atoms with Crippen LogP contribution in [0, 0.1) is 13.8 Å². The third kappa shape index (κ3) is 5.21. The first kappa shape index (κ1) is 16.5. The fraction of sp³-hybridized carbons (Fsp3) is 0.562. The number of nitrogens with one attached hydrogen (secondary N) is 1. The molecule has 1 rings (SSSR count). The van der Waals surface area contributed by atoms with Gasteiger partial charge in [0, 0.05) is 6.04 Å². The van der Waals surface area contributed by atoms with Crippen molar-refractivity contribution >= 4 is 5.97 Å². The van der Waals surface area contributed by atoms with Gasteiger partial charge in [-0.2, -0.15) is 0 Å². The van der Waals surface area contributed by atoms with Crippen LogP contribution in [0.15, 0.2) is 18.2 Å². The van der Waals surface area contributed by atoms with Crippen molar-refractivity contribution in [2.45, 2.75) is 46.7 Å². The van der Waals surface area contributed by atoms with Crippen LogP contribution in [0.1, 0.15) is 31.9 Å². The molecule has 1 N–H and O–H groups in total. The van der Waals surface area contributed by atoms with Crippen LogP contribution in [-0.2, 0) is 9.53 Å². The Morgan fingerprint density at radius 2 is 2.00 bits per heavy atom. The molecule has 0 aliphatic heterocycles. The second-order valence-corrected chi connectivity index (χ2v) is 5.21. The molecule has 4 nitrogen and oxygen atoms in total. The average molecular weight is 279 g/mol. The van der Waals surface area contributed by atoms with Gasteiger partial charge in [0.25, 0.3) is 0 Å². The number of rotatable bonds is 7. The third-order valence-electron chi connectivity index (χ3n) is 2.85. The highest BCUT2D eigenvalue weighted by Gasteiger charge is 2.21. The van der Waals surface area contributed by atoms with Crippen molar-refractivity contribution in [2.75, 3.05) is 13.2 Å². The van der Waals surface area contributed by atoms with Gasteiger partial charge in [-0.15, -0.1) is 0 Å². The average Bonchev–Trinajstić information content (AvgIpc) is 2.38. The van der Waals surface area contributed by atoms with E-state index in [0.717, 1.165) is 16.9 Å². The minimum Gasteiger partial charge on any atom is -0.491 e. The number of aryl methyl sites for hydroxylation is 2. The van der Waals surface area contributed by atoms with Crippen LogP contribution >= 0.6 is 0 Å².